The molecule has 0 atom stereocenters. The van der Waals surface area contributed by atoms with E-state index in [2.05, 4.69) is 5.32 Å². The quantitative estimate of drug-likeness (QED) is 0.795. The maximum atomic E-state index is 13.7. The predicted molar refractivity (Wildman–Crippen MR) is 77.7 cm³/mol. The summed E-state index contributed by atoms with van der Waals surface area (Å²) in [5.41, 5.74) is 0.187. The van der Waals surface area contributed by atoms with Crippen molar-refractivity contribution in [3.05, 3.63) is 58.9 Å². The molecular formula is C14H9ClF3NOS. The van der Waals surface area contributed by atoms with Gasteiger partial charge in [-0.2, -0.15) is 8.78 Å². The zero-order valence-electron chi connectivity index (χ0n) is 10.4. The summed E-state index contributed by atoms with van der Waals surface area (Å²) in [6, 6.07) is 9.83. The van der Waals surface area contributed by atoms with Crippen LogP contribution in [0.15, 0.2) is 47.4 Å². The van der Waals surface area contributed by atoms with Gasteiger partial charge in [-0.25, -0.2) is 4.39 Å². The van der Waals surface area contributed by atoms with Gasteiger partial charge in [-0.1, -0.05) is 29.4 Å². The van der Waals surface area contributed by atoms with Crippen LogP contribution in [-0.2, 0) is 0 Å². The molecule has 1 amide bonds. The van der Waals surface area contributed by atoms with Crippen molar-refractivity contribution < 1.29 is 18.0 Å². The van der Waals surface area contributed by atoms with Crippen molar-refractivity contribution in [2.45, 2.75) is 10.7 Å². The summed E-state index contributed by atoms with van der Waals surface area (Å²) in [5.74, 6) is -3.80. The molecule has 2 aromatic rings. The SMILES string of the molecule is O=C(Nc1cccc(Cl)c1F)c1ccc(SC(F)F)cc1. The first-order chi connectivity index (χ1) is 9.97. The molecule has 2 nitrogen and oxygen atoms in total. The number of hydrogen-bond donors (Lipinski definition) is 1. The third-order valence-electron chi connectivity index (χ3n) is 2.54. The van der Waals surface area contributed by atoms with Crippen molar-refractivity contribution >= 4 is 35.0 Å². The highest BCUT2D eigenvalue weighted by atomic mass is 35.5. The minimum atomic E-state index is -2.52. The van der Waals surface area contributed by atoms with Crippen molar-refractivity contribution in [3.8, 4) is 0 Å². The number of nitrogens with one attached hydrogen (secondary N) is 1. The topological polar surface area (TPSA) is 29.1 Å². The van der Waals surface area contributed by atoms with E-state index in [0.29, 0.717) is 16.7 Å². The van der Waals surface area contributed by atoms with Gasteiger partial charge in [0.1, 0.15) is 0 Å². The van der Waals surface area contributed by atoms with Crippen molar-refractivity contribution in [1.29, 1.82) is 0 Å². The van der Waals surface area contributed by atoms with Gasteiger partial charge in [0.25, 0.3) is 11.7 Å². The first kappa shape index (κ1) is 15.7. The lowest BCUT2D eigenvalue weighted by Gasteiger charge is -2.08. The van der Waals surface area contributed by atoms with Gasteiger partial charge in [0.05, 0.1) is 10.7 Å². The van der Waals surface area contributed by atoms with E-state index < -0.39 is 17.5 Å². The Labute approximate surface area is 128 Å². The van der Waals surface area contributed by atoms with Crippen LogP contribution in [0.4, 0.5) is 18.9 Å². The Morgan fingerprint density at radius 1 is 1.14 bits per heavy atom. The monoisotopic (exact) mass is 331 g/mol. The first-order valence-electron chi connectivity index (χ1n) is 5.77. The van der Waals surface area contributed by atoms with Crippen LogP contribution in [-0.4, -0.2) is 11.7 Å². The van der Waals surface area contributed by atoms with Gasteiger partial charge >= 0.3 is 0 Å². The average Bonchev–Trinajstić information content (AvgIpc) is 2.44. The normalized spacial score (nSPS) is 10.7. The molecule has 0 radical (unpaired) electrons. The molecule has 0 saturated heterocycles. The third kappa shape index (κ3) is 4.15. The molecule has 0 aromatic heterocycles. The average molecular weight is 332 g/mol. The zero-order valence-corrected chi connectivity index (χ0v) is 12.0. The van der Waals surface area contributed by atoms with Crippen LogP contribution in [0, 0.1) is 5.82 Å². The fourth-order valence-electron chi connectivity index (χ4n) is 1.58. The minimum absolute atomic E-state index is 0.0430. The van der Waals surface area contributed by atoms with Crippen LogP contribution < -0.4 is 5.32 Å². The molecule has 21 heavy (non-hydrogen) atoms. The van der Waals surface area contributed by atoms with Gasteiger partial charge in [-0.3, -0.25) is 4.79 Å². The number of amides is 1. The van der Waals surface area contributed by atoms with Crippen molar-refractivity contribution in [3.63, 3.8) is 0 Å². The van der Waals surface area contributed by atoms with E-state index in [9.17, 15) is 18.0 Å². The summed E-state index contributed by atoms with van der Waals surface area (Å²) in [4.78, 5) is 12.3. The molecule has 1 N–H and O–H groups in total. The number of carbonyl (C=O) groups is 1. The number of carbonyl (C=O) groups excluding carboxylic acids is 1. The molecular weight excluding hydrogens is 323 g/mol. The number of hydrogen-bond acceptors (Lipinski definition) is 2. The lowest BCUT2D eigenvalue weighted by molar-refractivity contribution is 0.102. The number of halogens is 4. The number of alkyl halides is 2. The molecule has 0 bridgehead atoms. The Morgan fingerprint density at radius 3 is 2.43 bits per heavy atom. The molecule has 0 aliphatic carbocycles. The maximum absolute atomic E-state index is 13.7. The lowest BCUT2D eigenvalue weighted by Crippen LogP contribution is -2.13. The maximum Gasteiger partial charge on any atom is 0.288 e. The van der Waals surface area contributed by atoms with Gasteiger partial charge < -0.3 is 5.32 Å². The summed E-state index contributed by atoms with van der Waals surface area (Å²) in [5, 5.41) is 2.27. The van der Waals surface area contributed by atoms with E-state index in [1.54, 1.807) is 0 Å². The van der Waals surface area contributed by atoms with Crippen LogP contribution in [0.25, 0.3) is 0 Å². The van der Waals surface area contributed by atoms with Crippen molar-refractivity contribution in [2.24, 2.45) is 0 Å². The van der Waals surface area contributed by atoms with E-state index in [0.717, 1.165) is 0 Å². The Kier molecular flexibility index (Phi) is 5.14. The van der Waals surface area contributed by atoms with E-state index in [1.165, 1.54) is 42.5 Å². The second-order valence-corrected chi connectivity index (χ2v) is 5.43. The summed E-state index contributed by atoms with van der Waals surface area (Å²) in [6.07, 6.45) is 0. The summed E-state index contributed by atoms with van der Waals surface area (Å²) in [7, 11) is 0. The highest BCUT2D eigenvalue weighted by Crippen LogP contribution is 2.26. The summed E-state index contributed by atoms with van der Waals surface area (Å²) in [6.45, 7) is 0. The Balaban J connectivity index is 2.11. The second kappa shape index (κ2) is 6.87. The molecule has 0 heterocycles. The van der Waals surface area contributed by atoms with E-state index in [4.69, 9.17) is 11.6 Å². The summed E-state index contributed by atoms with van der Waals surface area (Å²) < 4.78 is 38.0. The first-order valence-corrected chi connectivity index (χ1v) is 7.03. The van der Waals surface area contributed by atoms with Gasteiger partial charge in [-0.15, -0.1) is 0 Å². The number of anilines is 1. The molecule has 0 spiro atoms. The molecule has 2 aromatic carbocycles. The number of rotatable bonds is 4. The summed E-state index contributed by atoms with van der Waals surface area (Å²) >= 11 is 6.00. The molecule has 0 aliphatic rings. The number of benzene rings is 2. The van der Waals surface area contributed by atoms with E-state index >= 15 is 0 Å². The lowest BCUT2D eigenvalue weighted by atomic mass is 10.2. The molecule has 0 unspecified atom stereocenters. The van der Waals surface area contributed by atoms with Gasteiger partial charge in [0, 0.05) is 10.5 Å². The van der Waals surface area contributed by atoms with Crippen LogP contribution in [0.1, 0.15) is 10.4 Å². The molecule has 0 aliphatic heterocycles. The van der Waals surface area contributed by atoms with Gasteiger partial charge in [0.15, 0.2) is 5.82 Å². The van der Waals surface area contributed by atoms with Crippen LogP contribution in [0.5, 0.6) is 0 Å². The minimum Gasteiger partial charge on any atom is -0.319 e. The Bertz CT molecular complexity index is 649. The third-order valence-corrected chi connectivity index (χ3v) is 3.56. The molecule has 0 fully saturated rings. The predicted octanol–water partition coefficient (Wildman–Crippen LogP) is 5.05. The van der Waals surface area contributed by atoms with Gasteiger partial charge in [0.2, 0.25) is 0 Å². The van der Waals surface area contributed by atoms with E-state index in [1.807, 2.05) is 0 Å². The van der Waals surface area contributed by atoms with Crippen molar-refractivity contribution in [1.82, 2.24) is 0 Å². The van der Waals surface area contributed by atoms with E-state index in [-0.39, 0.29) is 16.3 Å². The molecule has 7 heteroatoms. The second-order valence-electron chi connectivity index (χ2n) is 3.96. The molecule has 110 valence electrons. The highest BCUT2D eigenvalue weighted by molar-refractivity contribution is 7.99. The van der Waals surface area contributed by atoms with Crippen LogP contribution >= 0.6 is 23.4 Å². The number of thioether (sulfide) groups is 1. The Hall–Kier alpha value is -1.66. The zero-order chi connectivity index (χ0) is 15.4. The largest absolute Gasteiger partial charge is 0.319 e. The van der Waals surface area contributed by atoms with Crippen LogP contribution in [0.3, 0.4) is 0 Å². The molecule has 2 rings (SSSR count). The fraction of sp³-hybridized carbons (Fsp3) is 0.0714. The van der Waals surface area contributed by atoms with Gasteiger partial charge in [-0.05, 0) is 36.4 Å². The fourth-order valence-corrected chi connectivity index (χ4v) is 2.26. The van der Waals surface area contributed by atoms with Crippen LogP contribution in [0.2, 0.25) is 5.02 Å². The Morgan fingerprint density at radius 2 is 1.81 bits per heavy atom. The standard InChI is InChI=1S/C14H9ClF3NOS/c15-10-2-1-3-11(12(10)16)19-13(20)8-4-6-9(7-5-8)21-14(17)18/h1-7,14H,(H,19,20). The van der Waals surface area contributed by atoms with Crippen molar-refractivity contribution in [2.75, 3.05) is 5.32 Å². The highest BCUT2D eigenvalue weighted by Gasteiger charge is 2.12. The smallest absolute Gasteiger partial charge is 0.288 e. The molecule has 0 saturated carbocycles.